The number of nitrogens with zero attached hydrogens (tertiary/aromatic N) is 3. The summed E-state index contributed by atoms with van der Waals surface area (Å²) in [6.07, 6.45) is -1.05. The highest BCUT2D eigenvalue weighted by Gasteiger charge is 2.34. The topological polar surface area (TPSA) is 86.6 Å². The van der Waals surface area contributed by atoms with Gasteiger partial charge in [-0.25, -0.2) is 0 Å². The van der Waals surface area contributed by atoms with Crippen molar-refractivity contribution in [3.63, 3.8) is 0 Å². The molecule has 0 radical (unpaired) electrons. The number of rotatable bonds is 2. The first-order chi connectivity index (χ1) is 7.63. The van der Waals surface area contributed by atoms with Gasteiger partial charge >= 0.3 is 0 Å². The van der Waals surface area contributed by atoms with Crippen molar-refractivity contribution in [1.82, 2.24) is 14.5 Å². The van der Waals surface area contributed by atoms with Gasteiger partial charge in [-0.05, 0) is 18.0 Å². The first-order valence-electron chi connectivity index (χ1n) is 5.10. The van der Waals surface area contributed by atoms with Crippen LogP contribution in [0.2, 0.25) is 0 Å². The number of aryl methyl sites for hydroxylation is 1. The molecule has 7 heteroatoms. The smallest absolute Gasteiger partial charge is 0.267 e. The van der Waals surface area contributed by atoms with E-state index in [1.54, 1.807) is 0 Å². The molecule has 1 aromatic rings. The van der Waals surface area contributed by atoms with Crippen LogP contribution in [0, 0.1) is 0 Å². The van der Waals surface area contributed by atoms with Crippen molar-refractivity contribution in [1.29, 1.82) is 0 Å². The third-order valence-corrected chi connectivity index (χ3v) is 3.39. The lowest BCUT2D eigenvalue weighted by molar-refractivity contribution is 0.0572. The zero-order valence-corrected chi connectivity index (χ0v) is 9.65. The summed E-state index contributed by atoms with van der Waals surface area (Å²) in [5.41, 5.74) is 0.672. The standard InChI is InChI=1S/C9H13N3O3S/c1-2-5-8(16-11-10-5)9(15)12-3-6(13)7(14)4-12/h6-7,13-14H,2-4H2,1H3/t6-,7+. The molecule has 0 aliphatic carbocycles. The van der Waals surface area contributed by atoms with Crippen LogP contribution < -0.4 is 0 Å². The zero-order chi connectivity index (χ0) is 11.7. The molecule has 2 atom stereocenters. The van der Waals surface area contributed by atoms with E-state index in [9.17, 15) is 15.0 Å². The van der Waals surface area contributed by atoms with Gasteiger partial charge in [0.25, 0.3) is 5.91 Å². The molecule has 1 fully saturated rings. The molecule has 0 unspecified atom stereocenters. The van der Waals surface area contributed by atoms with Crippen molar-refractivity contribution in [3.05, 3.63) is 10.6 Å². The lowest BCUT2D eigenvalue weighted by atomic mass is 10.3. The lowest BCUT2D eigenvalue weighted by Crippen LogP contribution is -2.29. The molecule has 0 bridgehead atoms. The molecule has 1 aliphatic rings. The highest BCUT2D eigenvalue weighted by Crippen LogP contribution is 2.18. The minimum Gasteiger partial charge on any atom is -0.388 e. The van der Waals surface area contributed by atoms with E-state index in [2.05, 4.69) is 9.59 Å². The van der Waals surface area contributed by atoms with Crippen LogP contribution in [0.3, 0.4) is 0 Å². The molecule has 2 N–H and O–H groups in total. The van der Waals surface area contributed by atoms with Crippen LogP contribution in [0.25, 0.3) is 0 Å². The fourth-order valence-corrected chi connectivity index (χ4v) is 2.40. The molecule has 6 nitrogen and oxygen atoms in total. The quantitative estimate of drug-likeness (QED) is 0.715. The van der Waals surface area contributed by atoms with Gasteiger partial charge in [-0.2, -0.15) is 0 Å². The molecule has 1 saturated heterocycles. The maximum Gasteiger partial charge on any atom is 0.267 e. The van der Waals surface area contributed by atoms with E-state index >= 15 is 0 Å². The Morgan fingerprint density at radius 3 is 2.69 bits per heavy atom. The molecule has 2 rings (SSSR count). The predicted octanol–water partition coefficient (Wildman–Crippen LogP) is -0.722. The van der Waals surface area contributed by atoms with E-state index in [4.69, 9.17) is 0 Å². The summed E-state index contributed by atoms with van der Waals surface area (Å²) < 4.78 is 3.74. The van der Waals surface area contributed by atoms with Crippen molar-refractivity contribution in [2.24, 2.45) is 0 Å². The number of amides is 1. The van der Waals surface area contributed by atoms with E-state index in [1.165, 1.54) is 4.90 Å². The molecular weight excluding hydrogens is 230 g/mol. The van der Waals surface area contributed by atoms with Crippen LogP contribution in [0.5, 0.6) is 0 Å². The molecule has 16 heavy (non-hydrogen) atoms. The number of hydrogen-bond acceptors (Lipinski definition) is 6. The number of likely N-dealkylation sites (tertiary alicyclic amines) is 1. The van der Waals surface area contributed by atoms with Gasteiger partial charge < -0.3 is 15.1 Å². The van der Waals surface area contributed by atoms with Crippen LogP contribution in [0.15, 0.2) is 0 Å². The van der Waals surface area contributed by atoms with E-state index in [0.717, 1.165) is 11.5 Å². The van der Waals surface area contributed by atoms with Crippen LogP contribution in [0.1, 0.15) is 22.3 Å². The summed E-state index contributed by atoms with van der Waals surface area (Å²) in [6.45, 7) is 2.24. The fourth-order valence-electron chi connectivity index (χ4n) is 1.68. The van der Waals surface area contributed by atoms with E-state index in [1.807, 2.05) is 6.92 Å². The minimum absolute atomic E-state index is 0.168. The Kier molecular flexibility index (Phi) is 3.17. The molecule has 2 heterocycles. The molecular formula is C9H13N3O3S. The number of β-amino-alcohol motifs (C(OH)–C–C–N with tert-alkyl or cyclic N) is 2. The first kappa shape index (κ1) is 11.4. The van der Waals surface area contributed by atoms with Crippen molar-refractivity contribution < 1.29 is 15.0 Å². The average molecular weight is 243 g/mol. The number of carbonyl (C=O) groups excluding carboxylic acids is 1. The van der Waals surface area contributed by atoms with Gasteiger partial charge in [0.1, 0.15) is 4.88 Å². The predicted molar refractivity (Wildman–Crippen MR) is 57.2 cm³/mol. The van der Waals surface area contributed by atoms with Gasteiger partial charge in [0.2, 0.25) is 0 Å². The number of aliphatic hydroxyl groups excluding tert-OH is 2. The van der Waals surface area contributed by atoms with Crippen molar-refractivity contribution in [3.8, 4) is 0 Å². The number of hydrogen-bond donors (Lipinski definition) is 2. The Hall–Kier alpha value is -1.05. The SMILES string of the molecule is CCc1nnsc1C(=O)N1C[C@@H](O)[C@@H](O)C1. The van der Waals surface area contributed by atoms with Crippen LogP contribution in [0.4, 0.5) is 0 Å². The summed E-state index contributed by atoms with van der Waals surface area (Å²) in [6, 6.07) is 0. The molecule has 0 saturated carbocycles. The summed E-state index contributed by atoms with van der Waals surface area (Å²) in [4.78, 5) is 14.0. The Labute approximate surface area is 96.7 Å². The fraction of sp³-hybridized carbons (Fsp3) is 0.667. The Morgan fingerprint density at radius 1 is 1.50 bits per heavy atom. The summed E-state index contributed by atoms with van der Waals surface area (Å²) in [7, 11) is 0. The molecule has 88 valence electrons. The summed E-state index contributed by atoms with van der Waals surface area (Å²) in [5, 5.41) is 22.6. The van der Waals surface area contributed by atoms with E-state index in [-0.39, 0.29) is 19.0 Å². The van der Waals surface area contributed by atoms with Gasteiger partial charge in [-0.15, -0.1) is 5.10 Å². The normalized spacial score (nSPS) is 25.1. The summed E-state index contributed by atoms with van der Waals surface area (Å²) in [5.74, 6) is -0.206. The molecule has 1 aliphatic heterocycles. The third-order valence-electron chi connectivity index (χ3n) is 2.63. The molecule has 0 aromatic carbocycles. The second kappa shape index (κ2) is 4.44. The van der Waals surface area contributed by atoms with Crippen molar-refractivity contribution in [2.45, 2.75) is 25.6 Å². The lowest BCUT2D eigenvalue weighted by Gasteiger charge is -2.13. The largest absolute Gasteiger partial charge is 0.388 e. The summed E-state index contributed by atoms with van der Waals surface area (Å²) >= 11 is 1.06. The highest BCUT2D eigenvalue weighted by molar-refractivity contribution is 7.08. The number of carbonyl (C=O) groups is 1. The number of aromatic nitrogens is 2. The maximum atomic E-state index is 12.0. The maximum absolute atomic E-state index is 12.0. The van der Waals surface area contributed by atoms with Crippen molar-refractivity contribution in [2.75, 3.05) is 13.1 Å². The Morgan fingerprint density at radius 2 is 2.12 bits per heavy atom. The van der Waals surface area contributed by atoms with Gasteiger partial charge in [0.15, 0.2) is 0 Å². The second-order valence-electron chi connectivity index (χ2n) is 3.75. The molecule has 0 spiro atoms. The Balaban J connectivity index is 2.14. The van der Waals surface area contributed by atoms with Crippen LogP contribution >= 0.6 is 11.5 Å². The first-order valence-corrected chi connectivity index (χ1v) is 5.87. The van der Waals surface area contributed by atoms with Crippen LogP contribution in [-0.2, 0) is 6.42 Å². The zero-order valence-electron chi connectivity index (χ0n) is 8.83. The van der Waals surface area contributed by atoms with Gasteiger partial charge in [0, 0.05) is 13.1 Å². The molecule has 1 amide bonds. The van der Waals surface area contributed by atoms with Crippen molar-refractivity contribution >= 4 is 17.4 Å². The highest BCUT2D eigenvalue weighted by atomic mass is 32.1. The van der Waals surface area contributed by atoms with Crippen LogP contribution in [-0.4, -0.2) is 55.9 Å². The van der Waals surface area contributed by atoms with E-state index in [0.29, 0.717) is 17.0 Å². The third kappa shape index (κ3) is 1.93. The second-order valence-corrected chi connectivity index (χ2v) is 4.50. The van der Waals surface area contributed by atoms with Gasteiger partial charge in [-0.3, -0.25) is 4.79 Å². The monoisotopic (exact) mass is 243 g/mol. The average Bonchev–Trinajstić information content (AvgIpc) is 2.85. The van der Waals surface area contributed by atoms with E-state index < -0.39 is 12.2 Å². The van der Waals surface area contributed by atoms with Gasteiger partial charge in [0.05, 0.1) is 17.9 Å². The van der Waals surface area contributed by atoms with Gasteiger partial charge in [-0.1, -0.05) is 11.4 Å². The number of aliphatic hydroxyl groups is 2. The Bertz CT molecular complexity index is 385. The minimum atomic E-state index is -0.852. The molecule has 1 aromatic heterocycles.